The third-order valence-corrected chi connectivity index (χ3v) is 10.2. The molecule has 45 heavy (non-hydrogen) atoms. The summed E-state index contributed by atoms with van der Waals surface area (Å²) >= 11 is 10.2. The first-order valence-electron chi connectivity index (χ1n) is 20.1. The number of aliphatic hydroxyl groups excluding tert-OH is 2. The van der Waals surface area contributed by atoms with Crippen LogP contribution in [-0.4, -0.2) is 32.5 Å². The Balaban J connectivity index is 3.85. The smallest absolute Gasteiger partial charge is 0.190 e. The minimum atomic E-state index is -1.01. The second kappa shape index (κ2) is 35.1. The van der Waals surface area contributed by atoms with Crippen LogP contribution in [0.25, 0.3) is 0 Å². The molecular weight excluding hydrogens is 593 g/mol. The molecule has 0 radical (unpaired) electrons. The lowest BCUT2D eigenvalue weighted by Crippen LogP contribution is -2.42. The molecule has 0 aromatic carbocycles. The number of hydrogen-bond donors (Lipinski definition) is 2. The van der Waals surface area contributed by atoms with Crippen molar-refractivity contribution in [1.29, 1.82) is 0 Å². The van der Waals surface area contributed by atoms with Crippen LogP contribution in [-0.2, 0) is 4.74 Å². The van der Waals surface area contributed by atoms with Crippen molar-refractivity contribution in [2.24, 2.45) is 0 Å². The molecule has 1 atom stereocenters. The number of ether oxygens (including phenoxy) is 1. The van der Waals surface area contributed by atoms with Crippen molar-refractivity contribution in [1.82, 2.24) is 0 Å². The first kappa shape index (κ1) is 44.7. The molecule has 0 aliphatic rings. The van der Waals surface area contributed by atoms with Crippen molar-refractivity contribution in [3.63, 3.8) is 0 Å². The normalized spacial score (nSPS) is 12.8. The maximum atomic E-state index is 10.4. The Kier molecular flexibility index (Phi) is 34.9. The maximum absolute atomic E-state index is 10.4. The third kappa shape index (κ3) is 30.8. The van der Waals surface area contributed by atoms with Crippen LogP contribution in [0.4, 0.5) is 0 Å². The van der Waals surface area contributed by atoms with Gasteiger partial charge < -0.3 is 14.9 Å². The van der Waals surface area contributed by atoms with E-state index >= 15 is 0 Å². The Morgan fingerprint density at radius 1 is 0.422 bits per heavy atom. The molecule has 0 amide bonds. The Labute approximate surface area is 292 Å². The summed E-state index contributed by atoms with van der Waals surface area (Å²) in [5.41, 5.74) is -1.01. The van der Waals surface area contributed by atoms with Crippen LogP contribution in [0.2, 0.25) is 0 Å². The van der Waals surface area contributed by atoms with E-state index in [-0.39, 0.29) is 16.5 Å². The van der Waals surface area contributed by atoms with Gasteiger partial charge in [-0.25, -0.2) is 0 Å². The van der Waals surface area contributed by atoms with E-state index in [9.17, 15) is 10.2 Å². The predicted octanol–water partition coefficient (Wildman–Crippen LogP) is 14.8. The summed E-state index contributed by atoms with van der Waals surface area (Å²) in [5, 5.41) is 20.0. The number of aliphatic hydroxyl groups is 2. The van der Waals surface area contributed by atoms with E-state index in [4.69, 9.17) is 29.2 Å². The minimum Gasteiger partial charge on any atom is -0.502 e. The number of thiocarbonyl (C=S) groups is 2. The first-order chi connectivity index (χ1) is 22.0. The average Bonchev–Trinajstić information content (AvgIpc) is 3.01. The van der Waals surface area contributed by atoms with Gasteiger partial charge in [-0.05, 0) is 37.3 Å². The molecule has 0 fully saturated rings. The van der Waals surface area contributed by atoms with Gasteiger partial charge >= 0.3 is 0 Å². The molecule has 0 bridgehead atoms. The van der Waals surface area contributed by atoms with Gasteiger partial charge in [0.1, 0.15) is 5.60 Å². The SMILES string of the molecule is CCCCCCCCCCCCCCCCCCOC(CCCCCCCCCCCCCCCCCC)(CC(O)=S)C(O)=S. The molecule has 3 nitrogen and oxygen atoms in total. The van der Waals surface area contributed by atoms with Gasteiger partial charge in [0.05, 0.1) is 6.42 Å². The fourth-order valence-electron chi connectivity index (χ4n) is 6.58. The highest BCUT2D eigenvalue weighted by Gasteiger charge is 2.37. The summed E-state index contributed by atoms with van der Waals surface area (Å²) in [5.74, 6) is 0. The van der Waals surface area contributed by atoms with E-state index in [1.807, 2.05) is 0 Å². The van der Waals surface area contributed by atoms with Crippen LogP contribution in [0.1, 0.15) is 232 Å². The van der Waals surface area contributed by atoms with E-state index in [2.05, 4.69) is 13.8 Å². The lowest BCUT2D eigenvalue weighted by molar-refractivity contribution is -0.00804. The van der Waals surface area contributed by atoms with Crippen molar-refractivity contribution in [3.8, 4) is 0 Å². The van der Waals surface area contributed by atoms with Gasteiger partial charge in [0, 0.05) is 6.61 Å². The van der Waals surface area contributed by atoms with Crippen molar-refractivity contribution in [3.05, 3.63) is 0 Å². The molecular formula is C40H78O3S2. The Morgan fingerprint density at radius 3 is 0.956 bits per heavy atom. The molecule has 0 saturated carbocycles. The molecule has 5 heteroatoms. The quantitative estimate of drug-likeness (QED) is 0.0506. The van der Waals surface area contributed by atoms with Gasteiger partial charge in [0.15, 0.2) is 10.1 Å². The fraction of sp³-hybridized carbons (Fsp3) is 0.950. The zero-order valence-electron chi connectivity index (χ0n) is 30.4. The number of hydrogen-bond acceptors (Lipinski definition) is 3. The summed E-state index contributed by atoms with van der Waals surface area (Å²) in [4.78, 5) is 0. The van der Waals surface area contributed by atoms with Crippen LogP contribution in [0.5, 0.6) is 0 Å². The summed E-state index contributed by atoms with van der Waals surface area (Å²) in [6, 6.07) is 0. The second-order valence-corrected chi connectivity index (χ2v) is 14.9. The van der Waals surface area contributed by atoms with Crippen molar-refractivity contribution >= 4 is 34.5 Å². The van der Waals surface area contributed by atoms with Gasteiger partial charge in [-0.3, -0.25) is 0 Å². The van der Waals surface area contributed by atoms with E-state index in [0.717, 1.165) is 25.7 Å². The van der Waals surface area contributed by atoms with Crippen molar-refractivity contribution in [2.75, 3.05) is 6.61 Å². The van der Waals surface area contributed by atoms with Gasteiger partial charge in [0.2, 0.25) is 0 Å². The Bertz CT molecular complexity index is 641. The largest absolute Gasteiger partial charge is 0.502 e. The molecule has 0 aliphatic heterocycles. The molecule has 0 heterocycles. The van der Waals surface area contributed by atoms with Gasteiger partial charge in [-0.1, -0.05) is 213 Å². The molecule has 0 saturated heterocycles. The van der Waals surface area contributed by atoms with Crippen LogP contribution in [0.3, 0.4) is 0 Å². The predicted molar refractivity (Wildman–Crippen MR) is 207 cm³/mol. The monoisotopic (exact) mass is 671 g/mol. The average molecular weight is 671 g/mol. The van der Waals surface area contributed by atoms with Gasteiger partial charge in [-0.2, -0.15) is 0 Å². The lowest BCUT2D eigenvalue weighted by Gasteiger charge is -2.31. The highest BCUT2D eigenvalue weighted by Crippen LogP contribution is 2.27. The molecule has 0 aromatic heterocycles. The van der Waals surface area contributed by atoms with Gasteiger partial charge in [-0.15, -0.1) is 0 Å². The molecule has 0 spiro atoms. The standard InChI is InChI=1S/C40H78O3S2/c1-3-5-7-9-11-13-15-17-19-21-23-25-27-29-31-33-35-40(39(42)45,37-38(41)44)43-36-34-32-30-28-26-24-22-20-18-16-14-12-10-8-6-4-2/h3-37H2,1-2H3,(H,41,44)(H,42,45). The Hall–Kier alpha value is -0.260. The third-order valence-electron chi connectivity index (χ3n) is 9.64. The maximum Gasteiger partial charge on any atom is 0.190 e. The number of unbranched alkanes of at least 4 members (excludes halogenated alkanes) is 30. The molecule has 0 aliphatic carbocycles. The molecule has 0 aromatic rings. The van der Waals surface area contributed by atoms with Crippen LogP contribution >= 0.6 is 24.4 Å². The van der Waals surface area contributed by atoms with E-state index in [1.165, 1.54) is 180 Å². The Morgan fingerprint density at radius 2 is 0.689 bits per heavy atom. The van der Waals surface area contributed by atoms with E-state index in [1.54, 1.807) is 0 Å². The van der Waals surface area contributed by atoms with E-state index in [0.29, 0.717) is 13.0 Å². The van der Waals surface area contributed by atoms with Crippen LogP contribution in [0.15, 0.2) is 0 Å². The zero-order valence-corrected chi connectivity index (χ0v) is 32.0. The summed E-state index contributed by atoms with van der Waals surface area (Å²) in [6.07, 6.45) is 43.3. The fourth-order valence-corrected chi connectivity index (χ4v) is 7.04. The highest BCUT2D eigenvalue weighted by atomic mass is 32.1. The summed E-state index contributed by atoms with van der Waals surface area (Å²) in [7, 11) is 0. The molecule has 1 unspecified atom stereocenters. The molecule has 0 rings (SSSR count). The molecule has 268 valence electrons. The molecule has 2 N–H and O–H groups in total. The van der Waals surface area contributed by atoms with Crippen molar-refractivity contribution < 1.29 is 14.9 Å². The zero-order chi connectivity index (χ0) is 33.1. The van der Waals surface area contributed by atoms with Crippen molar-refractivity contribution in [2.45, 2.75) is 238 Å². The van der Waals surface area contributed by atoms with Gasteiger partial charge in [0.25, 0.3) is 0 Å². The summed E-state index contributed by atoms with van der Waals surface area (Å²) < 4.78 is 6.21. The topological polar surface area (TPSA) is 49.7 Å². The lowest BCUT2D eigenvalue weighted by atomic mass is 9.92. The van der Waals surface area contributed by atoms with Crippen LogP contribution in [0, 0.1) is 0 Å². The second-order valence-electron chi connectivity index (χ2n) is 14.1. The first-order valence-corrected chi connectivity index (χ1v) is 20.9. The summed E-state index contributed by atoms with van der Waals surface area (Å²) in [6.45, 7) is 5.12. The highest BCUT2D eigenvalue weighted by molar-refractivity contribution is 7.80. The number of rotatable bonds is 38. The minimum absolute atomic E-state index is 0.120. The van der Waals surface area contributed by atoms with Crippen LogP contribution < -0.4 is 0 Å². The van der Waals surface area contributed by atoms with E-state index < -0.39 is 5.60 Å².